The molecule has 2 heterocycles. The van der Waals surface area contributed by atoms with E-state index in [-0.39, 0.29) is 40.6 Å². The molecule has 1 atom stereocenters. The van der Waals surface area contributed by atoms with Crippen molar-refractivity contribution < 1.29 is 22.7 Å². The number of hydrogen-bond donors (Lipinski definition) is 1. The molecule has 0 unspecified atom stereocenters. The van der Waals surface area contributed by atoms with E-state index in [1.807, 2.05) is 13.0 Å². The molecule has 0 radical (unpaired) electrons. The average Bonchev–Trinajstić information content (AvgIpc) is 2.87. The second-order valence-electron chi connectivity index (χ2n) is 11.2. The minimum Gasteiger partial charge on any atom is -0.444 e. The first kappa shape index (κ1) is 32.4. The van der Waals surface area contributed by atoms with E-state index < -0.39 is 29.0 Å². The van der Waals surface area contributed by atoms with Crippen LogP contribution in [-0.2, 0) is 24.0 Å². The smallest absolute Gasteiger partial charge is 0.416 e. The van der Waals surface area contributed by atoms with E-state index in [9.17, 15) is 22.8 Å². The average molecular weight is 646 g/mol. The SMILES string of the molecule is CCSc1ccc(Cl)cc1Cn1cnc2c(Cl)c(CN3CCC[C@@H](NC(=O)OC(C)(C)C)C3)c(C(F)(F)F)cc2c1=O. The quantitative estimate of drug-likeness (QED) is 0.271. The molecule has 1 aliphatic heterocycles. The van der Waals surface area contributed by atoms with Crippen LogP contribution < -0.4 is 10.9 Å². The van der Waals surface area contributed by atoms with E-state index in [0.717, 1.165) is 22.3 Å². The third-order valence-electron chi connectivity index (χ3n) is 6.74. The Labute approximate surface area is 256 Å². The standard InChI is InChI=1S/C29H33Cl2F3N4O3S/c1-5-42-23-9-8-18(30)11-17(23)13-38-16-35-25-20(26(38)39)12-22(29(32,33)34)21(24(25)31)15-37-10-6-7-19(14-37)36-27(40)41-28(2,3)4/h8-9,11-12,16,19H,5-7,10,13-15H2,1-4H3,(H,36,40)/t19-/m1/s1. The zero-order valence-electron chi connectivity index (χ0n) is 23.8. The van der Waals surface area contributed by atoms with Gasteiger partial charge in [0.25, 0.3) is 5.56 Å². The molecule has 1 aliphatic rings. The van der Waals surface area contributed by atoms with Gasteiger partial charge in [-0.3, -0.25) is 14.3 Å². The number of hydrogen-bond acceptors (Lipinski definition) is 6. The summed E-state index contributed by atoms with van der Waals surface area (Å²) in [5.74, 6) is 0.793. The lowest BCUT2D eigenvalue weighted by Crippen LogP contribution is -2.48. The summed E-state index contributed by atoms with van der Waals surface area (Å²) >= 11 is 14.3. The van der Waals surface area contributed by atoms with Crippen molar-refractivity contribution in [2.75, 3.05) is 18.8 Å². The number of rotatable bonds is 7. The molecule has 2 aromatic carbocycles. The van der Waals surface area contributed by atoms with Crippen molar-refractivity contribution in [1.29, 1.82) is 0 Å². The molecule has 0 saturated carbocycles. The number of thioether (sulfide) groups is 1. The van der Waals surface area contributed by atoms with E-state index >= 15 is 0 Å². The Balaban J connectivity index is 1.66. The van der Waals surface area contributed by atoms with Crippen LogP contribution in [0.3, 0.4) is 0 Å². The monoisotopic (exact) mass is 644 g/mol. The molecule has 1 saturated heterocycles. The summed E-state index contributed by atoms with van der Waals surface area (Å²) in [6.45, 7) is 8.05. The van der Waals surface area contributed by atoms with Crippen molar-refractivity contribution in [3.8, 4) is 0 Å². The first-order chi connectivity index (χ1) is 19.7. The fourth-order valence-electron chi connectivity index (χ4n) is 4.99. The minimum atomic E-state index is -4.76. The molecule has 1 aromatic heterocycles. The van der Waals surface area contributed by atoms with E-state index in [1.54, 1.807) is 49.6 Å². The Morgan fingerprint density at radius 2 is 1.93 bits per heavy atom. The van der Waals surface area contributed by atoms with Crippen LogP contribution in [0.5, 0.6) is 0 Å². The van der Waals surface area contributed by atoms with Crippen LogP contribution >= 0.6 is 35.0 Å². The molecule has 42 heavy (non-hydrogen) atoms. The lowest BCUT2D eigenvalue weighted by atomic mass is 10.0. The maximum Gasteiger partial charge on any atom is 0.416 e. The number of piperidine rings is 1. The molecule has 1 N–H and O–H groups in total. The van der Waals surface area contributed by atoms with Gasteiger partial charge in [0, 0.05) is 29.0 Å². The van der Waals surface area contributed by atoms with E-state index in [1.165, 1.54) is 10.9 Å². The third kappa shape index (κ3) is 7.92. The van der Waals surface area contributed by atoms with Crippen molar-refractivity contribution in [1.82, 2.24) is 19.8 Å². The number of aromatic nitrogens is 2. The predicted octanol–water partition coefficient (Wildman–Crippen LogP) is 7.37. The van der Waals surface area contributed by atoms with Gasteiger partial charge in [0.1, 0.15) is 5.60 Å². The Kier molecular flexibility index (Phi) is 10.1. The van der Waals surface area contributed by atoms with Gasteiger partial charge in [-0.15, -0.1) is 11.8 Å². The number of alkyl carbamates (subject to hydrolysis) is 1. The highest BCUT2D eigenvalue weighted by Crippen LogP contribution is 2.39. The van der Waals surface area contributed by atoms with E-state index in [0.29, 0.717) is 31.0 Å². The topological polar surface area (TPSA) is 76.5 Å². The van der Waals surface area contributed by atoms with Crippen LogP contribution in [0.25, 0.3) is 10.9 Å². The predicted molar refractivity (Wildman–Crippen MR) is 161 cm³/mol. The van der Waals surface area contributed by atoms with Crippen molar-refractivity contribution in [2.45, 2.75) is 76.3 Å². The number of amides is 1. The fourth-order valence-corrected chi connectivity index (χ4v) is 6.28. The summed E-state index contributed by atoms with van der Waals surface area (Å²) in [4.78, 5) is 32.8. The molecule has 228 valence electrons. The Morgan fingerprint density at radius 3 is 2.60 bits per heavy atom. The Hall–Kier alpha value is -2.47. The molecular formula is C29H33Cl2F3N4O3S. The van der Waals surface area contributed by atoms with Crippen LogP contribution in [-0.4, -0.2) is 51.0 Å². The zero-order chi connectivity index (χ0) is 30.8. The number of carbonyl (C=O) groups excluding carboxylic acids is 1. The number of alkyl halides is 3. The van der Waals surface area contributed by atoms with Crippen LogP contribution in [0.15, 0.2) is 40.3 Å². The van der Waals surface area contributed by atoms with Crippen LogP contribution in [0.4, 0.5) is 18.0 Å². The normalized spacial score (nSPS) is 16.5. The van der Waals surface area contributed by atoms with Crippen molar-refractivity contribution in [2.24, 2.45) is 0 Å². The molecule has 13 heteroatoms. The number of halogens is 5. The highest BCUT2D eigenvalue weighted by Gasteiger charge is 2.37. The molecule has 1 fully saturated rings. The van der Waals surface area contributed by atoms with Gasteiger partial charge in [-0.2, -0.15) is 13.2 Å². The van der Waals surface area contributed by atoms with E-state index in [2.05, 4.69) is 10.3 Å². The second-order valence-corrected chi connectivity index (χ2v) is 13.3. The van der Waals surface area contributed by atoms with Gasteiger partial charge in [-0.25, -0.2) is 9.78 Å². The molecule has 0 aliphatic carbocycles. The summed E-state index contributed by atoms with van der Waals surface area (Å²) in [6, 6.07) is 5.89. The van der Waals surface area contributed by atoms with Crippen LogP contribution in [0.2, 0.25) is 10.0 Å². The summed E-state index contributed by atoms with van der Waals surface area (Å²) in [5, 5.41) is 2.87. The number of nitrogens with one attached hydrogen (secondary N) is 1. The van der Waals surface area contributed by atoms with Crippen LogP contribution in [0, 0.1) is 0 Å². The van der Waals surface area contributed by atoms with Gasteiger partial charge < -0.3 is 10.1 Å². The number of ether oxygens (including phenoxy) is 1. The minimum absolute atomic E-state index is 0.00982. The lowest BCUT2D eigenvalue weighted by molar-refractivity contribution is -0.138. The second kappa shape index (κ2) is 13.0. The van der Waals surface area contributed by atoms with Gasteiger partial charge in [-0.05, 0) is 81.3 Å². The maximum atomic E-state index is 14.4. The maximum absolute atomic E-state index is 14.4. The lowest BCUT2D eigenvalue weighted by Gasteiger charge is -2.34. The number of likely N-dealkylation sites (tertiary alicyclic amines) is 1. The summed E-state index contributed by atoms with van der Waals surface area (Å²) < 4.78 is 49.7. The van der Waals surface area contributed by atoms with Crippen molar-refractivity contribution in [3.63, 3.8) is 0 Å². The molecule has 4 rings (SSSR count). The highest BCUT2D eigenvalue weighted by molar-refractivity contribution is 7.99. The third-order valence-corrected chi connectivity index (χ3v) is 8.38. The first-order valence-electron chi connectivity index (χ1n) is 13.6. The molecular weight excluding hydrogens is 612 g/mol. The number of carbonyl (C=O) groups is 1. The number of fused-ring (bicyclic) bond motifs is 1. The van der Waals surface area contributed by atoms with Gasteiger partial charge in [0.05, 0.1) is 34.4 Å². The van der Waals surface area contributed by atoms with Gasteiger partial charge in [0.15, 0.2) is 0 Å². The zero-order valence-corrected chi connectivity index (χ0v) is 26.1. The van der Waals surface area contributed by atoms with Crippen LogP contribution in [0.1, 0.15) is 57.2 Å². The Bertz CT molecular complexity index is 1530. The molecule has 1 amide bonds. The van der Waals surface area contributed by atoms with E-state index in [4.69, 9.17) is 27.9 Å². The van der Waals surface area contributed by atoms with Crippen molar-refractivity contribution in [3.05, 3.63) is 67.7 Å². The molecule has 3 aromatic rings. The molecule has 0 bridgehead atoms. The number of nitrogens with zero attached hydrogens (tertiary/aromatic N) is 3. The molecule has 7 nitrogen and oxygen atoms in total. The largest absolute Gasteiger partial charge is 0.444 e. The van der Waals surface area contributed by atoms with Crippen molar-refractivity contribution >= 4 is 52.0 Å². The Morgan fingerprint density at radius 1 is 1.19 bits per heavy atom. The van der Waals surface area contributed by atoms with Gasteiger partial charge in [0.2, 0.25) is 0 Å². The molecule has 0 spiro atoms. The van der Waals surface area contributed by atoms with Gasteiger partial charge in [-0.1, -0.05) is 30.1 Å². The first-order valence-corrected chi connectivity index (χ1v) is 15.3. The highest BCUT2D eigenvalue weighted by atomic mass is 35.5. The fraction of sp³-hybridized carbons (Fsp3) is 0.483. The number of benzene rings is 2. The summed E-state index contributed by atoms with van der Waals surface area (Å²) in [5.41, 5.74) is -1.67. The summed E-state index contributed by atoms with van der Waals surface area (Å²) in [7, 11) is 0. The summed E-state index contributed by atoms with van der Waals surface area (Å²) in [6.07, 6.45) is -2.71. The van der Waals surface area contributed by atoms with Gasteiger partial charge >= 0.3 is 12.3 Å².